The highest BCUT2D eigenvalue weighted by atomic mass is 35.5. The third kappa shape index (κ3) is 3.70. The van der Waals surface area contributed by atoms with Crippen molar-refractivity contribution in [3.8, 4) is 0 Å². The van der Waals surface area contributed by atoms with Crippen molar-refractivity contribution >= 4 is 23.5 Å². The van der Waals surface area contributed by atoms with Gasteiger partial charge in [-0.2, -0.15) is 0 Å². The van der Waals surface area contributed by atoms with Crippen LogP contribution in [-0.2, 0) is 19.1 Å². The van der Waals surface area contributed by atoms with Crippen molar-refractivity contribution in [2.24, 2.45) is 0 Å². The van der Waals surface area contributed by atoms with Gasteiger partial charge in [0.25, 0.3) is 0 Å². The van der Waals surface area contributed by atoms with Crippen LogP contribution in [0.4, 0.5) is 0 Å². The third-order valence-electron chi connectivity index (χ3n) is 3.92. The fourth-order valence-electron chi connectivity index (χ4n) is 2.87. The smallest absolute Gasteiger partial charge is 0.336 e. The summed E-state index contributed by atoms with van der Waals surface area (Å²) in [5, 5.41) is 13.0. The minimum absolute atomic E-state index is 0.142. The standard InChI is InChI=1S/C18H20ClNO5/c1-4-25-18(23)16-13(9-21)20-10(2)14(17(22)24-3)15(16)11-7-5-6-8-12(11)19/h5-8,15,20-21H,4,9H2,1-3H3. The van der Waals surface area contributed by atoms with E-state index in [-0.39, 0.29) is 23.5 Å². The Hall–Kier alpha value is -2.31. The van der Waals surface area contributed by atoms with Gasteiger partial charge in [-0.15, -0.1) is 0 Å². The summed E-state index contributed by atoms with van der Waals surface area (Å²) in [6.45, 7) is 3.10. The molecule has 25 heavy (non-hydrogen) atoms. The summed E-state index contributed by atoms with van der Waals surface area (Å²) < 4.78 is 10.0. The van der Waals surface area contributed by atoms with E-state index in [0.29, 0.717) is 16.3 Å². The average Bonchev–Trinajstić information content (AvgIpc) is 2.60. The fraction of sp³-hybridized carbons (Fsp3) is 0.333. The number of halogens is 1. The molecule has 0 aliphatic carbocycles. The Labute approximate surface area is 151 Å². The lowest BCUT2D eigenvalue weighted by Crippen LogP contribution is -2.34. The number of aliphatic hydroxyl groups is 1. The molecule has 1 unspecified atom stereocenters. The van der Waals surface area contributed by atoms with Crippen molar-refractivity contribution in [1.29, 1.82) is 0 Å². The Balaban J connectivity index is 2.73. The zero-order valence-corrected chi connectivity index (χ0v) is 15.0. The quantitative estimate of drug-likeness (QED) is 0.779. The van der Waals surface area contributed by atoms with Gasteiger partial charge in [-0.3, -0.25) is 0 Å². The Morgan fingerprint density at radius 1 is 1.24 bits per heavy atom. The number of hydrogen-bond acceptors (Lipinski definition) is 6. The summed E-state index contributed by atoms with van der Waals surface area (Å²) in [6, 6.07) is 6.91. The number of allylic oxidation sites excluding steroid dienone is 1. The van der Waals surface area contributed by atoms with Crippen molar-refractivity contribution in [3.05, 3.63) is 57.4 Å². The Kier molecular flexibility index (Phi) is 6.22. The molecule has 0 bridgehead atoms. The van der Waals surface area contributed by atoms with E-state index in [1.54, 1.807) is 38.1 Å². The Morgan fingerprint density at radius 3 is 2.48 bits per heavy atom. The number of hydrogen-bond donors (Lipinski definition) is 2. The number of dihydropyridines is 1. The van der Waals surface area contributed by atoms with Crippen molar-refractivity contribution in [3.63, 3.8) is 0 Å². The van der Waals surface area contributed by atoms with Crippen LogP contribution in [0.25, 0.3) is 0 Å². The minimum Gasteiger partial charge on any atom is -0.466 e. The molecule has 1 aromatic carbocycles. The van der Waals surface area contributed by atoms with Crippen molar-refractivity contribution < 1.29 is 24.2 Å². The fourth-order valence-corrected chi connectivity index (χ4v) is 3.12. The van der Waals surface area contributed by atoms with Crippen LogP contribution in [0.2, 0.25) is 5.02 Å². The molecule has 0 spiro atoms. The normalized spacial score (nSPS) is 17.2. The van der Waals surface area contributed by atoms with E-state index in [0.717, 1.165) is 0 Å². The Morgan fingerprint density at radius 2 is 1.92 bits per heavy atom. The van der Waals surface area contributed by atoms with Crippen molar-refractivity contribution in [2.75, 3.05) is 20.3 Å². The Bertz CT molecular complexity index is 754. The maximum Gasteiger partial charge on any atom is 0.336 e. The molecule has 2 rings (SSSR count). The lowest BCUT2D eigenvalue weighted by molar-refractivity contribution is -0.139. The summed E-state index contributed by atoms with van der Waals surface area (Å²) in [5.74, 6) is -2.02. The number of aliphatic hydroxyl groups excluding tert-OH is 1. The molecular formula is C18H20ClNO5. The van der Waals surface area contributed by atoms with Gasteiger partial charge in [0.1, 0.15) is 0 Å². The predicted molar refractivity (Wildman–Crippen MR) is 92.8 cm³/mol. The van der Waals surface area contributed by atoms with E-state index in [1.165, 1.54) is 7.11 Å². The molecule has 1 aliphatic heterocycles. The molecule has 0 amide bonds. The highest BCUT2D eigenvalue weighted by Crippen LogP contribution is 2.41. The highest BCUT2D eigenvalue weighted by molar-refractivity contribution is 6.31. The largest absolute Gasteiger partial charge is 0.466 e. The number of nitrogens with one attached hydrogen (secondary N) is 1. The molecule has 2 N–H and O–H groups in total. The monoisotopic (exact) mass is 365 g/mol. The van der Waals surface area contributed by atoms with Gasteiger partial charge in [0, 0.05) is 10.7 Å². The van der Waals surface area contributed by atoms with E-state index in [2.05, 4.69) is 5.32 Å². The van der Waals surface area contributed by atoms with Crippen LogP contribution < -0.4 is 5.32 Å². The van der Waals surface area contributed by atoms with Crippen LogP contribution in [-0.4, -0.2) is 37.4 Å². The zero-order chi connectivity index (χ0) is 18.6. The molecule has 0 aromatic heterocycles. The van der Waals surface area contributed by atoms with Gasteiger partial charge in [-0.05, 0) is 25.5 Å². The number of benzene rings is 1. The second-order valence-corrected chi connectivity index (χ2v) is 5.79. The van der Waals surface area contributed by atoms with Crippen molar-refractivity contribution in [2.45, 2.75) is 19.8 Å². The topological polar surface area (TPSA) is 84.9 Å². The molecule has 0 radical (unpaired) electrons. The summed E-state index contributed by atoms with van der Waals surface area (Å²) in [6.07, 6.45) is 0. The average molecular weight is 366 g/mol. The number of esters is 2. The van der Waals surface area contributed by atoms with E-state index in [9.17, 15) is 14.7 Å². The maximum atomic E-state index is 12.6. The number of carbonyl (C=O) groups excluding carboxylic acids is 2. The van der Waals surface area contributed by atoms with Gasteiger partial charge in [-0.25, -0.2) is 9.59 Å². The molecule has 6 nitrogen and oxygen atoms in total. The molecule has 1 aromatic rings. The van der Waals surface area contributed by atoms with Crippen LogP contribution >= 0.6 is 11.6 Å². The lowest BCUT2D eigenvalue weighted by atomic mass is 9.80. The van der Waals surface area contributed by atoms with Gasteiger partial charge in [0.15, 0.2) is 0 Å². The molecule has 1 aliphatic rings. The van der Waals surface area contributed by atoms with Crippen LogP contribution in [0, 0.1) is 0 Å². The summed E-state index contributed by atoms with van der Waals surface area (Å²) in [4.78, 5) is 25.0. The number of carbonyl (C=O) groups is 2. The molecule has 1 heterocycles. The minimum atomic E-state index is -0.802. The summed E-state index contributed by atoms with van der Waals surface area (Å²) in [5.41, 5.74) is 1.70. The molecule has 1 atom stereocenters. The molecule has 134 valence electrons. The number of ether oxygens (including phenoxy) is 2. The first-order chi connectivity index (χ1) is 12.0. The van der Waals surface area contributed by atoms with E-state index < -0.39 is 24.5 Å². The molecule has 0 saturated carbocycles. The molecule has 0 saturated heterocycles. The second kappa shape index (κ2) is 8.18. The first-order valence-electron chi connectivity index (χ1n) is 7.77. The summed E-state index contributed by atoms with van der Waals surface area (Å²) in [7, 11) is 1.27. The van der Waals surface area contributed by atoms with Gasteiger partial charge in [-0.1, -0.05) is 29.8 Å². The first kappa shape index (κ1) is 19.0. The van der Waals surface area contributed by atoms with Crippen LogP contribution in [0.15, 0.2) is 46.8 Å². The molecule has 0 fully saturated rings. The second-order valence-electron chi connectivity index (χ2n) is 5.38. The van der Waals surface area contributed by atoms with E-state index in [4.69, 9.17) is 21.1 Å². The highest BCUT2D eigenvalue weighted by Gasteiger charge is 2.39. The maximum absolute atomic E-state index is 12.6. The van der Waals surface area contributed by atoms with E-state index >= 15 is 0 Å². The van der Waals surface area contributed by atoms with Gasteiger partial charge < -0.3 is 19.9 Å². The van der Waals surface area contributed by atoms with Crippen LogP contribution in [0.3, 0.4) is 0 Å². The predicted octanol–water partition coefficient (Wildman–Crippen LogP) is 2.28. The zero-order valence-electron chi connectivity index (χ0n) is 14.3. The first-order valence-corrected chi connectivity index (χ1v) is 8.15. The number of methoxy groups -OCH3 is 1. The van der Waals surface area contributed by atoms with Gasteiger partial charge in [0.05, 0.1) is 43.1 Å². The molecular weight excluding hydrogens is 346 g/mol. The van der Waals surface area contributed by atoms with E-state index in [1.807, 2.05) is 0 Å². The third-order valence-corrected chi connectivity index (χ3v) is 4.26. The van der Waals surface area contributed by atoms with Crippen molar-refractivity contribution in [1.82, 2.24) is 5.32 Å². The van der Waals surface area contributed by atoms with Crippen LogP contribution in [0.5, 0.6) is 0 Å². The number of rotatable bonds is 5. The SMILES string of the molecule is CCOC(=O)C1=C(CO)NC(C)=C(C(=O)OC)C1c1ccccc1Cl. The lowest BCUT2D eigenvalue weighted by Gasteiger charge is -2.31. The molecule has 7 heteroatoms. The van der Waals surface area contributed by atoms with Crippen LogP contribution in [0.1, 0.15) is 25.3 Å². The van der Waals surface area contributed by atoms with Gasteiger partial charge >= 0.3 is 11.9 Å². The van der Waals surface area contributed by atoms with Gasteiger partial charge in [0.2, 0.25) is 0 Å². The summed E-state index contributed by atoms with van der Waals surface area (Å²) >= 11 is 6.32.